The lowest BCUT2D eigenvalue weighted by Gasteiger charge is -2.15. The second-order valence-corrected chi connectivity index (χ2v) is 4.59. The van der Waals surface area contributed by atoms with Crippen LogP contribution in [0.25, 0.3) is 0 Å². The van der Waals surface area contributed by atoms with Crippen molar-refractivity contribution in [3.05, 3.63) is 34.1 Å². The van der Waals surface area contributed by atoms with Crippen LogP contribution < -0.4 is 0 Å². The van der Waals surface area contributed by atoms with E-state index < -0.39 is 4.92 Å². The number of nitro groups is 1. The molecule has 5 heteroatoms. The summed E-state index contributed by atoms with van der Waals surface area (Å²) in [5, 5.41) is 10.4. The number of nitrogens with zero attached hydrogens (tertiary/aromatic N) is 2. The molecule has 0 fully saturated rings. The van der Waals surface area contributed by atoms with Crippen molar-refractivity contribution in [3.8, 4) is 0 Å². The quantitative estimate of drug-likeness (QED) is 0.480. The van der Waals surface area contributed by atoms with Crippen molar-refractivity contribution >= 4 is 21.6 Å². The highest BCUT2D eigenvalue weighted by Crippen LogP contribution is 2.26. The molecule has 1 aromatic rings. The van der Waals surface area contributed by atoms with Crippen LogP contribution in [0.2, 0.25) is 0 Å². The summed E-state index contributed by atoms with van der Waals surface area (Å²) < 4.78 is 0. The van der Waals surface area contributed by atoms with Gasteiger partial charge in [-0.2, -0.15) is 0 Å². The maximum absolute atomic E-state index is 10.4. The Kier molecular flexibility index (Phi) is 4.20. The Morgan fingerprint density at radius 3 is 2.67 bits per heavy atom. The fraction of sp³-hybridized carbons (Fsp3) is 0.500. The number of pyridine rings is 1. The topological polar surface area (TPSA) is 56.0 Å². The lowest BCUT2D eigenvalue weighted by atomic mass is 10.0. The monoisotopic (exact) mass is 272 g/mol. The summed E-state index contributed by atoms with van der Waals surface area (Å²) in [6.07, 6.45) is 2.31. The van der Waals surface area contributed by atoms with Gasteiger partial charge in [0, 0.05) is 22.5 Å². The molecule has 0 aliphatic rings. The zero-order valence-electron chi connectivity index (χ0n) is 8.68. The van der Waals surface area contributed by atoms with Crippen molar-refractivity contribution < 1.29 is 4.92 Å². The number of aromatic nitrogens is 1. The van der Waals surface area contributed by atoms with Crippen LogP contribution in [-0.2, 0) is 0 Å². The number of hydrogen-bond donors (Lipinski definition) is 0. The minimum Gasteiger partial charge on any atom is -0.258 e. The molecule has 0 aromatic carbocycles. The zero-order valence-corrected chi connectivity index (χ0v) is 10.3. The van der Waals surface area contributed by atoms with Gasteiger partial charge in [-0.1, -0.05) is 29.8 Å². The van der Waals surface area contributed by atoms with Crippen molar-refractivity contribution in [1.29, 1.82) is 0 Å². The van der Waals surface area contributed by atoms with Gasteiger partial charge in [-0.05, 0) is 12.5 Å². The molecule has 0 saturated heterocycles. The molecule has 0 aliphatic heterocycles. The Labute approximate surface area is 97.0 Å². The number of halogens is 1. The Balaban J connectivity index is 2.84. The highest BCUT2D eigenvalue weighted by Gasteiger charge is 2.16. The van der Waals surface area contributed by atoms with Gasteiger partial charge in [0.1, 0.15) is 6.20 Å². The molecule has 1 heterocycles. The summed E-state index contributed by atoms with van der Waals surface area (Å²) in [4.78, 5) is 14.4. The van der Waals surface area contributed by atoms with E-state index in [1.807, 2.05) is 0 Å². The standard InChI is InChI=1S/C10H13BrN2O2/c1-3-9(11)7(2)10-5-4-8(6-12-10)13(14)15/h4-7,9H,3H2,1-2H3. The van der Waals surface area contributed by atoms with Crippen LogP contribution in [0.4, 0.5) is 5.69 Å². The fourth-order valence-electron chi connectivity index (χ4n) is 1.31. The molecule has 0 aliphatic carbocycles. The molecule has 4 nitrogen and oxygen atoms in total. The molecule has 15 heavy (non-hydrogen) atoms. The van der Waals surface area contributed by atoms with E-state index in [2.05, 4.69) is 34.8 Å². The van der Waals surface area contributed by atoms with E-state index in [1.165, 1.54) is 12.3 Å². The summed E-state index contributed by atoms with van der Waals surface area (Å²) in [5.41, 5.74) is 0.915. The third kappa shape index (κ3) is 2.99. The molecule has 1 aromatic heterocycles. The van der Waals surface area contributed by atoms with Gasteiger partial charge in [0.05, 0.1) is 4.92 Å². The van der Waals surface area contributed by atoms with Gasteiger partial charge in [-0.25, -0.2) is 0 Å². The lowest BCUT2D eigenvalue weighted by Crippen LogP contribution is -2.09. The Bertz CT molecular complexity index is 340. The Morgan fingerprint density at radius 1 is 1.60 bits per heavy atom. The third-order valence-electron chi connectivity index (χ3n) is 2.38. The molecule has 0 spiro atoms. The van der Waals surface area contributed by atoms with E-state index in [0.717, 1.165) is 12.1 Å². The second kappa shape index (κ2) is 5.21. The number of rotatable bonds is 4. The SMILES string of the molecule is CCC(Br)C(C)c1ccc([N+](=O)[O-])cn1. The molecule has 0 bridgehead atoms. The van der Waals surface area contributed by atoms with Crippen LogP contribution in [0.5, 0.6) is 0 Å². The van der Waals surface area contributed by atoms with Crippen molar-refractivity contribution in [3.63, 3.8) is 0 Å². The van der Waals surface area contributed by atoms with E-state index in [9.17, 15) is 10.1 Å². The molecule has 0 radical (unpaired) electrons. The average Bonchev–Trinajstić information content (AvgIpc) is 2.27. The predicted molar refractivity (Wildman–Crippen MR) is 62.3 cm³/mol. The first-order valence-electron chi connectivity index (χ1n) is 4.80. The first-order valence-corrected chi connectivity index (χ1v) is 5.72. The zero-order chi connectivity index (χ0) is 11.4. The maximum atomic E-state index is 10.4. The third-order valence-corrected chi connectivity index (χ3v) is 3.82. The molecule has 0 saturated carbocycles. The first kappa shape index (κ1) is 12.1. The van der Waals surface area contributed by atoms with Crippen LogP contribution >= 0.6 is 15.9 Å². The molecular weight excluding hydrogens is 260 g/mol. The number of alkyl halides is 1. The van der Waals surface area contributed by atoms with Gasteiger partial charge in [0.15, 0.2) is 0 Å². The average molecular weight is 273 g/mol. The fourth-order valence-corrected chi connectivity index (χ4v) is 1.58. The molecule has 2 unspecified atom stereocenters. The Morgan fingerprint density at radius 2 is 2.27 bits per heavy atom. The van der Waals surface area contributed by atoms with Gasteiger partial charge in [-0.15, -0.1) is 0 Å². The summed E-state index contributed by atoms with van der Waals surface area (Å²) in [6, 6.07) is 3.21. The molecule has 0 amide bonds. The van der Waals surface area contributed by atoms with E-state index in [-0.39, 0.29) is 11.6 Å². The van der Waals surface area contributed by atoms with Crippen LogP contribution in [0.15, 0.2) is 18.3 Å². The minimum absolute atomic E-state index is 0.0357. The maximum Gasteiger partial charge on any atom is 0.287 e. The normalized spacial score (nSPS) is 14.6. The van der Waals surface area contributed by atoms with E-state index in [1.54, 1.807) is 6.07 Å². The molecule has 2 atom stereocenters. The van der Waals surface area contributed by atoms with Crippen LogP contribution in [0, 0.1) is 10.1 Å². The number of hydrogen-bond acceptors (Lipinski definition) is 3. The summed E-state index contributed by atoms with van der Waals surface area (Å²) in [6.45, 7) is 4.14. The van der Waals surface area contributed by atoms with Gasteiger partial charge in [0.25, 0.3) is 5.69 Å². The van der Waals surface area contributed by atoms with Crippen molar-refractivity contribution in [2.75, 3.05) is 0 Å². The Hall–Kier alpha value is -0.970. The lowest BCUT2D eigenvalue weighted by molar-refractivity contribution is -0.385. The smallest absolute Gasteiger partial charge is 0.258 e. The predicted octanol–water partition coefficient (Wildman–Crippen LogP) is 3.27. The van der Waals surface area contributed by atoms with Gasteiger partial charge in [0.2, 0.25) is 0 Å². The summed E-state index contributed by atoms with van der Waals surface area (Å²) >= 11 is 3.55. The summed E-state index contributed by atoms with van der Waals surface area (Å²) in [5.74, 6) is 0.260. The van der Waals surface area contributed by atoms with Crippen molar-refractivity contribution in [2.45, 2.75) is 31.0 Å². The van der Waals surface area contributed by atoms with E-state index >= 15 is 0 Å². The van der Waals surface area contributed by atoms with Crippen LogP contribution in [-0.4, -0.2) is 14.7 Å². The molecule has 82 valence electrons. The molecule has 0 N–H and O–H groups in total. The van der Waals surface area contributed by atoms with Crippen LogP contribution in [0.1, 0.15) is 31.9 Å². The van der Waals surface area contributed by atoms with Crippen molar-refractivity contribution in [1.82, 2.24) is 4.98 Å². The minimum atomic E-state index is -0.438. The van der Waals surface area contributed by atoms with Gasteiger partial charge >= 0.3 is 0 Å². The first-order chi connectivity index (χ1) is 7.06. The highest BCUT2D eigenvalue weighted by atomic mass is 79.9. The van der Waals surface area contributed by atoms with Crippen LogP contribution in [0.3, 0.4) is 0 Å². The van der Waals surface area contributed by atoms with E-state index in [0.29, 0.717) is 4.83 Å². The summed E-state index contributed by atoms with van der Waals surface area (Å²) in [7, 11) is 0. The van der Waals surface area contributed by atoms with Crippen molar-refractivity contribution in [2.24, 2.45) is 0 Å². The highest BCUT2D eigenvalue weighted by molar-refractivity contribution is 9.09. The molecular formula is C10H13BrN2O2. The van der Waals surface area contributed by atoms with Gasteiger partial charge in [-0.3, -0.25) is 15.1 Å². The molecule has 1 rings (SSSR count). The second-order valence-electron chi connectivity index (χ2n) is 3.41. The largest absolute Gasteiger partial charge is 0.287 e. The van der Waals surface area contributed by atoms with Gasteiger partial charge < -0.3 is 0 Å². The van der Waals surface area contributed by atoms with E-state index in [4.69, 9.17) is 0 Å².